The molecule has 1 saturated carbocycles. The Morgan fingerprint density at radius 3 is 2.36 bits per heavy atom. The largest absolute Gasteiger partial charge is 0.337 e. The van der Waals surface area contributed by atoms with Gasteiger partial charge in [-0.25, -0.2) is 0 Å². The third-order valence-electron chi connectivity index (χ3n) is 5.36. The minimum atomic E-state index is -0.789. The van der Waals surface area contributed by atoms with Crippen LogP contribution in [0.15, 0.2) is 0 Å². The zero-order valence-corrected chi connectivity index (χ0v) is 14.4. The van der Waals surface area contributed by atoms with Gasteiger partial charge in [0.1, 0.15) is 0 Å². The van der Waals surface area contributed by atoms with Crippen LogP contribution in [0.1, 0.15) is 65.7 Å². The minimum Gasteiger partial charge on any atom is -0.337 e. The van der Waals surface area contributed by atoms with E-state index in [1.54, 1.807) is 6.92 Å². The Hall–Kier alpha value is -1.10. The number of amides is 2. The molecule has 2 aliphatic rings. The van der Waals surface area contributed by atoms with Gasteiger partial charge in [0.2, 0.25) is 11.8 Å². The first-order valence-corrected chi connectivity index (χ1v) is 8.69. The maximum absolute atomic E-state index is 12.8. The monoisotopic (exact) mass is 309 g/mol. The van der Waals surface area contributed by atoms with Crippen LogP contribution in [0.2, 0.25) is 0 Å². The molecule has 126 valence electrons. The van der Waals surface area contributed by atoms with Crippen molar-refractivity contribution in [1.29, 1.82) is 0 Å². The normalized spacial score (nSPS) is 24.2. The van der Waals surface area contributed by atoms with Crippen LogP contribution in [-0.4, -0.2) is 52.3 Å². The van der Waals surface area contributed by atoms with Crippen molar-refractivity contribution in [1.82, 2.24) is 9.80 Å². The summed E-state index contributed by atoms with van der Waals surface area (Å²) < 4.78 is 0. The van der Waals surface area contributed by atoms with Gasteiger partial charge < -0.3 is 15.5 Å². The van der Waals surface area contributed by atoms with E-state index in [0.717, 1.165) is 32.1 Å². The fraction of sp³-hybridized carbons (Fsp3) is 0.882. The van der Waals surface area contributed by atoms with Crippen LogP contribution in [-0.2, 0) is 9.59 Å². The lowest BCUT2D eigenvalue weighted by Gasteiger charge is -2.53. The molecule has 22 heavy (non-hydrogen) atoms. The SMILES string of the molecule is CCCC(C)(N)C(=O)N1CCN(C(C)=O)C2(CCCCC2)C1. The van der Waals surface area contributed by atoms with Crippen molar-refractivity contribution in [3.05, 3.63) is 0 Å². The third kappa shape index (κ3) is 3.29. The van der Waals surface area contributed by atoms with E-state index in [1.165, 1.54) is 6.42 Å². The smallest absolute Gasteiger partial charge is 0.242 e. The summed E-state index contributed by atoms with van der Waals surface area (Å²) in [5, 5.41) is 0. The number of rotatable bonds is 3. The van der Waals surface area contributed by atoms with Crippen molar-refractivity contribution in [3.8, 4) is 0 Å². The van der Waals surface area contributed by atoms with Crippen molar-refractivity contribution in [3.63, 3.8) is 0 Å². The number of nitrogens with zero attached hydrogens (tertiary/aromatic N) is 2. The van der Waals surface area contributed by atoms with Gasteiger partial charge in [0, 0.05) is 26.6 Å². The Kier molecular flexibility index (Phi) is 5.15. The summed E-state index contributed by atoms with van der Waals surface area (Å²) in [6.07, 6.45) is 7.12. The standard InChI is InChI=1S/C17H31N3O2/c1-4-8-16(3,18)15(22)19-11-12-20(14(2)21)17(13-19)9-6-5-7-10-17/h4-13,18H2,1-3H3. The molecule has 0 radical (unpaired) electrons. The summed E-state index contributed by atoms with van der Waals surface area (Å²) in [4.78, 5) is 28.8. The van der Waals surface area contributed by atoms with Gasteiger partial charge in [-0.1, -0.05) is 32.6 Å². The van der Waals surface area contributed by atoms with Crippen molar-refractivity contribution in [2.45, 2.75) is 76.8 Å². The second-order valence-corrected chi connectivity index (χ2v) is 7.35. The number of hydrogen-bond acceptors (Lipinski definition) is 3. The van der Waals surface area contributed by atoms with Crippen LogP contribution in [0.3, 0.4) is 0 Å². The second kappa shape index (κ2) is 6.57. The summed E-state index contributed by atoms with van der Waals surface area (Å²) in [6.45, 7) is 7.44. The van der Waals surface area contributed by atoms with E-state index in [1.807, 2.05) is 16.7 Å². The molecule has 2 rings (SSSR count). The zero-order chi connectivity index (χ0) is 16.4. The number of hydrogen-bond donors (Lipinski definition) is 1. The van der Waals surface area contributed by atoms with Gasteiger partial charge in [-0.2, -0.15) is 0 Å². The molecular formula is C17H31N3O2. The van der Waals surface area contributed by atoms with Crippen LogP contribution in [0.4, 0.5) is 0 Å². The summed E-state index contributed by atoms with van der Waals surface area (Å²) in [5.74, 6) is 0.181. The summed E-state index contributed by atoms with van der Waals surface area (Å²) in [6, 6.07) is 0. The molecule has 2 fully saturated rings. The first-order valence-electron chi connectivity index (χ1n) is 8.69. The first kappa shape index (κ1) is 17.3. The molecule has 5 nitrogen and oxygen atoms in total. The predicted octanol–water partition coefficient (Wildman–Crippen LogP) is 1.90. The molecule has 1 atom stereocenters. The van der Waals surface area contributed by atoms with E-state index in [0.29, 0.717) is 26.1 Å². The van der Waals surface area contributed by atoms with E-state index in [-0.39, 0.29) is 17.4 Å². The average molecular weight is 309 g/mol. The van der Waals surface area contributed by atoms with Crippen LogP contribution in [0.5, 0.6) is 0 Å². The van der Waals surface area contributed by atoms with E-state index < -0.39 is 5.54 Å². The van der Waals surface area contributed by atoms with Gasteiger partial charge in [0.25, 0.3) is 0 Å². The molecule has 1 spiro atoms. The molecule has 1 unspecified atom stereocenters. The molecule has 1 aliphatic carbocycles. The molecule has 2 amide bonds. The second-order valence-electron chi connectivity index (χ2n) is 7.35. The fourth-order valence-corrected chi connectivity index (χ4v) is 4.27. The number of carbonyl (C=O) groups excluding carboxylic acids is 2. The van der Waals surface area contributed by atoms with Crippen molar-refractivity contribution >= 4 is 11.8 Å². The summed E-state index contributed by atoms with van der Waals surface area (Å²) >= 11 is 0. The van der Waals surface area contributed by atoms with Crippen LogP contribution in [0, 0.1) is 0 Å². The van der Waals surface area contributed by atoms with Gasteiger partial charge in [0.05, 0.1) is 11.1 Å². The van der Waals surface area contributed by atoms with Crippen molar-refractivity contribution in [2.75, 3.05) is 19.6 Å². The first-order chi connectivity index (χ1) is 10.3. The van der Waals surface area contributed by atoms with Gasteiger partial charge in [-0.3, -0.25) is 9.59 Å². The molecule has 1 aliphatic heterocycles. The highest BCUT2D eigenvalue weighted by Gasteiger charge is 2.46. The third-order valence-corrected chi connectivity index (χ3v) is 5.36. The van der Waals surface area contributed by atoms with E-state index in [4.69, 9.17) is 5.73 Å². The highest BCUT2D eigenvalue weighted by atomic mass is 16.2. The van der Waals surface area contributed by atoms with Crippen molar-refractivity contribution in [2.24, 2.45) is 5.73 Å². The molecule has 5 heteroatoms. The van der Waals surface area contributed by atoms with E-state index in [9.17, 15) is 9.59 Å². The molecule has 1 heterocycles. The summed E-state index contributed by atoms with van der Waals surface area (Å²) in [7, 11) is 0. The Morgan fingerprint density at radius 1 is 1.18 bits per heavy atom. The van der Waals surface area contributed by atoms with Gasteiger partial charge >= 0.3 is 0 Å². The molecule has 0 bridgehead atoms. The molecule has 0 aromatic heterocycles. The number of carbonyl (C=O) groups is 2. The molecule has 1 saturated heterocycles. The average Bonchev–Trinajstić information content (AvgIpc) is 2.46. The minimum absolute atomic E-state index is 0.0440. The lowest BCUT2D eigenvalue weighted by Crippen LogP contribution is -2.67. The Balaban J connectivity index is 2.17. The lowest BCUT2D eigenvalue weighted by molar-refractivity contribution is -0.153. The predicted molar refractivity (Wildman–Crippen MR) is 87.3 cm³/mol. The molecule has 2 N–H and O–H groups in total. The molecule has 0 aromatic carbocycles. The topological polar surface area (TPSA) is 66.6 Å². The zero-order valence-electron chi connectivity index (χ0n) is 14.4. The molecule has 0 aromatic rings. The maximum atomic E-state index is 12.8. The quantitative estimate of drug-likeness (QED) is 0.866. The Bertz CT molecular complexity index is 428. The Labute approximate surface area is 134 Å². The lowest BCUT2D eigenvalue weighted by atomic mass is 9.78. The van der Waals surface area contributed by atoms with Crippen LogP contribution < -0.4 is 5.73 Å². The highest BCUT2D eigenvalue weighted by molar-refractivity contribution is 5.86. The van der Waals surface area contributed by atoms with Crippen molar-refractivity contribution < 1.29 is 9.59 Å². The number of nitrogens with two attached hydrogens (primary N) is 1. The molecular weight excluding hydrogens is 278 g/mol. The van der Waals surface area contributed by atoms with Gasteiger partial charge in [0.15, 0.2) is 0 Å². The number of piperazine rings is 1. The maximum Gasteiger partial charge on any atom is 0.242 e. The highest BCUT2D eigenvalue weighted by Crippen LogP contribution is 2.37. The van der Waals surface area contributed by atoms with Crippen LogP contribution >= 0.6 is 0 Å². The summed E-state index contributed by atoms with van der Waals surface area (Å²) in [5.41, 5.74) is 5.30. The van der Waals surface area contributed by atoms with Gasteiger partial charge in [-0.05, 0) is 26.2 Å². The van der Waals surface area contributed by atoms with E-state index >= 15 is 0 Å². The van der Waals surface area contributed by atoms with Gasteiger partial charge in [-0.15, -0.1) is 0 Å². The Morgan fingerprint density at radius 2 is 1.82 bits per heavy atom. The van der Waals surface area contributed by atoms with Crippen LogP contribution in [0.25, 0.3) is 0 Å². The van der Waals surface area contributed by atoms with E-state index in [2.05, 4.69) is 6.92 Å². The fourth-order valence-electron chi connectivity index (χ4n) is 4.27.